The van der Waals surface area contributed by atoms with Crippen LogP contribution in [-0.2, 0) is 7.05 Å². The molecule has 2 amide bonds. The molecule has 0 unspecified atom stereocenters. The van der Waals surface area contributed by atoms with E-state index in [2.05, 4.69) is 17.3 Å². The molecular formula is C12H17N5O. The maximum Gasteiger partial charge on any atom is 0.323 e. The number of hydrogen-bond acceptors (Lipinski definition) is 3. The molecule has 1 aliphatic rings. The van der Waals surface area contributed by atoms with Gasteiger partial charge in [-0.15, -0.1) is 0 Å². The molecule has 2 rings (SSSR count). The maximum absolute atomic E-state index is 12.0. The van der Waals surface area contributed by atoms with Crippen LogP contribution in [0.25, 0.3) is 0 Å². The molecule has 1 aliphatic heterocycles. The van der Waals surface area contributed by atoms with E-state index >= 15 is 0 Å². The van der Waals surface area contributed by atoms with Gasteiger partial charge in [0.25, 0.3) is 0 Å². The van der Waals surface area contributed by atoms with E-state index in [-0.39, 0.29) is 6.03 Å². The highest BCUT2D eigenvalue weighted by Crippen LogP contribution is 2.18. The summed E-state index contributed by atoms with van der Waals surface area (Å²) in [5, 5.41) is 15.7. The van der Waals surface area contributed by atoms with Crippen molar-refractivity contribution in [3.63, 3.8) is 0 Å². The Morgan fingerprint density at radius 3 is 2.83 bits per heavy atom. The zero-order chi connectivity index (χ0) is 13.1. The van der Waals surface area contributed by atoms with Gasteiger partial charge in [0.05, 0.1) is 0 Å². The van der Waals surface area contributed by atoms with Crippen molar-refractivity contribution >= 4 is 11.8 Å². The zero-order valence-electron chi connectivity index (χ0n) is 10.7. The number of nitrogens with one attached hydrogen (secondary N) is 1. The van der Waals surface area contributed by atoms with Gasteiger partial charge < -0.3 is 4.90 Å². The van der Waals surface area contributed by atoms with Crippen LogP contribution in [0.5, 0.6) is 0 Å². The number of amides is 2. The molecule has 0 radical (unpaired) electrons. The Morgan fingerprint density at radius 1 is 1.56 bits per heavy atom. The third-order valence-corrected chi connectivity index (χ3v) is 3.25. The Hall–Kier alpha value is -2.03. The minimum atomic E-state index is -0.169. The fourth-order valence-corrected chi connectivity index (χ4v) is 2.05. The molecule has 1 fully saturated rings. The highest BCUT2D eigenvalue weighted by molar-refractivity contribution is 5.89. The first-order valence-electron chi connectivity index (χ1n) is 6.10. The number of carbonyl (C=O) groups is 1. The van der Waals surface area contributed by atoms with Gasteiger partial charge in [-0.25, -0.2) is 4.79 Å². The van der Waals surface area contributed by atoms with Gasteiger partial charge in [0.1, 0.15) is 11.6 Å². The van der Waals surface area contributed by atoms with E-state index in [4.69, 9.17) is 5.26 Å². The fourth-order valence-electron chi connectivity index (χ4n) is 2.05. The molecule has 1 saturated heterocycles. The Kier molecular flexibility index (Phi) is 3.51. The number of aryl methyl sites for hydroxylation is 1. The number of aromatic nitrogens is 2. The average Bonchev–Trinajstić information content (AvgIpc) is 2.70. The summed E-state index contributed by atoms with van der Waals surface area (Å²) in [6.45, 7) is 3.73. The van der Waals surface area contributed by atoms with Crippen LogP contribution in [-0.4, -0.2) is 33.8 Å². The first-order chi connectivity index (χ1) is 8.60. The monoisotopic (exact) mass is 247 g/mol. The van der Waals surface area contributed by atoms with Crippen LogP contribution in [0, 0.1) is 17.2 Å². The lowest BCUT2D eigenvalue weighted by Gasteiger charge is -2.30. The molecule has 1 N–H and O–H groups in total. The lowest BCUT2D eigenvalue weighted by molar-refractivity contribution is 0.186. The maximum atomic E-state index is 12.0. The predicted octanol–water partition coefficient (Wildman–Crippen LogP) is 1.56. The van der Waals surface area contributed by atoms with E-state index in [1.54, 1.807) is 18.1 Å². The van der Waals surface area contributed by atoms with Crippen molar-refractivity contribution in [1.82, 2.24) is 14.7 Å². The van der Waals surface area contributed by atoms with Gasteiger partial charge in [-0.3, -0.25) is 10.00 Å². The SMILES string of the molecule is CC1CCN(C(=O)Nc2nn(C)cc2C#N)CC1. The molecule has 96 valence electrons. The fraction of sp³-hybridized carbons (Fsp3) is 0.583. The summed E-state index contributed by atoms with van der Waals surface area (Å²) in [5.74, 6) is 1.02. The first-order valence-corrected chi connectivity index (χ1v) is 6.10. The Labute approximate surface area is 106 Å². The number of likely N-dealkylation sites (tertiary alicyclic amines) is 1. The lowest BCUT2D eigenvalue weighted by atomic mass is 10.00. The molecule has 0 bridgehead atoms. The molecule has 0 saturated carbocycles. The van der Waals surface area contributed by atoms with Crippen LogP contribution in [0.4, 0.5) is 10.6 Å². The van der Waals surface area contributed by atoms with Gasteiger partial charge in [0.15, 0.2) is 5.82 Å². The van der Waals surface area contributed by atoms with Gasteiger partial charge in [-0.2, -0.15) is 10.4 Å². The second-order valence-electron chi connectivity index (χ2n) is 4.78. The molecule has 0 atom stereocenters. The highest BCUT2D eigenvalue weighted by atomic mass is 16.2. The number of urea groups is 1. The number of nitriles is 1. The number of piperidine rings is 1. The van der Waals surface area contributed by atoms with Gasteiger partial charge in [-0.05, 0) is 18.8 Å². The number of carbonyl (C=O) groups excluding carboxylic acids is 1. The minimum Gasteiger partial charge on any atom is -0.324 e. The van der Waals surface area contributed by atoms with Crippen LogP contribution in [0.2, 0.25) is 0 Å². The average molecular weight is 247 g/mol. The van der Waals surface area contributed by atoms with Crippen molar-refractivity contribution in [3.05, 3.63) is 11.8 Å². The quantitative estimate of drug-likeness (QED) is 0.818. The van der Waals surface area contributed by atoms with Crippen molar-refractivity contribution in [3.8, 4) is 6.07 Å². The minimum absolute atomic E-state index is 0.169. The normalized spacial score (nSPS) is 16.4. The third kappa shape index (κ3) is 2.62. The van der Waals surface area contributed by atoms with E-state index in [1.165, 1.54) is 4.68 Å². The second-order valence-corrected chi connectivity index (χ2v) is 4.78. The van der Waals surface area contributed by atoms with Crippen LogP contribution < -0.4 is 5.32 Å². The molecular weight excluding hydrogens is 230 g/mol. The van der Waals surface area contributed by atoms with Crippen LogP contribution >= 0.6 is 0 Å². The van der Waals surface area contributed by atoms with Crippen LogP contribution in [0.1, 0.15) is 25.3 Å². The summed E-state index contributed by atoms with van der Waals surface area (Å²) < 4.78 is 1.52. The number of hydrogen-bond donors (Lipinski definition) is 1. The molecule has 1 aromatic heterocycles. The molecule has 18 heavy (non-hydrogen) atoms. The van der Waals surface area contributed by atoms with Crippen LogP contribution in [0.3, 0.4) is 0 Å². The van der Waals surface area contributed by atoms with E-state index < -0.39 is 0 Å². The molecule has 6 nitrogen and oxygen atoms in total. The standard InChI is InChI=1S/C12H17N5O/c1-9-3-5-17(6-4-9)12(18)14-11-10(7-13)8-16(2)15-11/h8-9H,3-6H2,1-2H3,(H,14,15,18). The van der Waals surface area contributed by atoms with E-state index in [0.717, 1.165) is 25.9 Å². The second kappa shape index (κ2) is 5.08. The van der Waals surface area contributed by atoms with Gasteiger partial charge >= 0.3 is 6.03 Å². The molecule has 6 heteroatoms. The number of anilines is 1. The smallest absolute Gasteiger partial charge is 0.323 e. The molecule has 0 spiro atoms. The van der Waals surface area contributed by atoms with E-state index in [0.29, 0.717) is 17.3 Å². The Bertz CT molecular complexity index is 479. The summed E-state index contributed by atoms with van der Waals surface area (Å²) in [6, 6.07) is 1.85. The Morgan fingerprint density at radius 2 is 2.22 bits per heavy atom. The van der Waals surface area contributed by atoms with Crippen molar-refractivity contribution in [2.75, 3.05) is 18.4 Å². The molecule has 0 aromatic carbocycles. The van der Waals surface area contributed by atoms with Gasteiger partial charge in [0.2, 0.25) is 0 Å². The van der Waals surface area contributed by atoms with Crippen molar-refractivity contribution in [2.24, 2.45) is 13.0 Å². The Balaban J connectivity index is 2.01. The van der Waals surface area contributed by atoms with Crippen molar-refractivity contribution in [2.45, 2.75) is 19.8 Å². The number of nitrogens with zero attached hydrogens (tertiary/aromatic N) is 4. The first kappa shape index (κ1) is 12.4. The van der Waals surface area contributed by atoms with Crippen molar-refractivity contribution < 1.29 is 4.79 Å². The summed E-state index contributed by atoms with van der Waals surface area (Å²) >= 11 is 0. The summed E-state index contributed by atoms with van der Waals surface area (Å²) in [7, 11) is 1.72. The zero-order valence-corrected chi connectivity index (χ0v) is 10.7. The topological polar surface area (TPSA) is 74.0 Å². The summed E-state index contributed by atoms with van der Waals surface area (Å²) in [6.07, 6.45) is 3.65. The van der Waals surface area contributed by atoms with E-state index in [1.807, 2.05) is 6.07 Å². The van der Waals surface area contributed by atoms with E-state index in [9.17, 15) is 4.79 Å². The van der Waals surface area contributed by atoms with Crippen molar-refractivity contribution in [1.29, 1.82) is 5.26 Å². The van der Waals surface area contributed by atoms with Gasteiger partial charge in [-0.1, -0.05) is 6.92 Å². The highest BCUT2D eigenvalue weighted by Gasteiger charge is 2.21. The lowest BCUT2D eigenvalue weighted by Crippen LogP contribution is -2.40. The number of rotatable bonds is 1. The third-order valence-electron chi connectivity index (χ3n) is 3.25. The van der Waals surface area contributed by atoms with Gasteiger partial charge in [0, 0.05) is 26.3 Å². The molecule has 1 aromatic rings. The molecule has 0 aliphatic carbocycles. The summed E-state index contributed by atoms with van der Waals surface area (Å²) in [4.78, 5) is 13.8. The molecule has 2 heterocycles. The summed E-state index contributed by atoms with van der Waals surface area (Å²) in [5.41, 5.74) is 0.385. The predicted molar refractivity (Wildman–Crippen MR) is 66.9 cm³/mol. The van der Waals surface area contributed by atoms with Crippen LogP contribution in [0.15, 0.2) is 6.20 Å². The largest absolute Gasteiger partial charge is 0.324 e.